The van der Waals surface area contributed by atoms with Crippen molar-refractivity contribution in [3.8, 4) is 16.9 Å². The van der Waals surface area contributed by atoms with Crippen LogP contribution in [0.15, 0.2) is 91.1 Å². The summed E-state index contributed by atoms with van der Waals surface area (Å²) in [5, 5.41) is 2.87. The average Bonchev–Trinajstić information content (AvgIpc) is 3.61. The van der Waals surface area contributed by atoms with Gasteiger partial charge in [0.25, 0.3) is 5.91 Å². The Labute approximate surface area is 203 Å². The normalized spacial score (nSPS) is 12.8. The van der Waals surface area contributed by atoms with Crippen LogP contribution in [0.3, 0.4) is 0 Å². The topological polar surface area (TPSA) is 67.2 Å². The number of aromatic nitrogens is 2. The molecule has 35 heavy (non-hydrogen) atoms. The Kier molecular flexibility index (Phi) is 6.39. The maximum Gasteiger partial charge on any atom is 0.257 e. The van der Waals surface area contributed by atoms with Gasteiger partial charge in [-0.2, -0.15) is 0 Å². The molecule has 1 aliphatic carbocycles. The summed E-state index contributed by atoms with van der Waals surface area (Å²) in [6.45, 7) is 0.231. The van der Waals surface area contributed by atoms with Crippen LogP contribution in [0.2, 0.25) is 0 Å². The second-order valence-corrected chi connectivity index (χ2v) is 8.68. The predicted molar refractivity (Wildman–Crippen MR) is 133 cm³/mol. The molecule has 1 N–H and O–H groups in total. The third-order valence-corrected chi connectivity index (χ3v) is 5.96. The van der Waals surface area contributed by atoms with Gasteiger partial charge >= 0.3 is 0 Å². The van der Waals surface area contributed by atoms with Crippen LogP contribution >= 0.6 is 0 Å². The van der Waals surface area contributed by atoms with Crippen molar-refractivity contribution < 1.29 is 14.0 Å². The minimum absolute atomic E-state index is 0.0295. The fourth-order valence-electron chi connectivity index (χ4n) is 3.98. The quantitative estimate of drug-likeness (QED) is 0.388. The lowest BCUT2D eigenvalue weighted by molar-refractivity contribution is -0.117. The second-order valence-electron chi connectivity index (χ2n) is 8.68. The van der Waals surface area contributed by atoms with Crippen LogP contribution in [0.1, 0.15) is 23.2 Å². The number of nitrogens with zero attached hydrogens (tertiary/aromatic N) is 3. The van der Waals surface area contributed by atoms with Gasteiger partial charge < -0.3 is 4.90 Å². The zero-order chi connectivity index (χ0) is 24.2. The molecule has 4 aromatic rings. The first kappa shape index (κ1) is 22.5. The van der Waals surface area contributed by atoms with Crippen molar-refractivity contribution in [3.05, 3.63) is 103 Å². The number of hydrogen-bond acceptors (Lipinski definition) is 3. The molecular weight excluding hydrogens is 443 g/mol. The number of anilines is 1. The van der Waals surface area contributed by atoms with E-state index in [1.54, 1.807) is 6.07 Å². The number of carbonyl (C=O) groups is 2. The number of amides is 2. The van der Waals surface area contributed by atoms with Gasteiger partial charge in [0.05, 0.1) is 11.3 Å². The molecule has 6 nitrogen and oxygen atoms in total. The van der Waals surface area contributed by atoms with E-state index in [1.165, 1.54) is 23.1 Å². The Hall–Kier alpha value is -4.26. The molecule has 3 aromatic carbocycles. The highest BCUT2D eigenvalue weighted by Crippen LogP contribution is 2.30. The van der Waals surface area contributed by atoms with Gasteiger partial charge in [-0.25, -0.2) is 9.37 Å². The highest BCUT2D eigenvalue weighted by molar-refractivity contribution is 5.99. The Bertz CT molecular complexity index is 1330. The van der Waals surface area contributed by atoms with Gasteiger partial charge in [-0.05, 0) is 43.0 Å². The minimum Gasteiger partial charge on any atom is -0.329 e. The number of carbonyl (C=O) groups excluding carboxylic acids is 2. The van der Waals surface area contributed by atoms with Crippen molar-refractivity contribution in [1.29, 1.82) is 0 Å². The molecule has 1 aromatic heterocycles. The Morgan fingerprint density at radius 3 is 2.29 bits per heavy atom. The largest absolute Gasteiger partial charge is 0.329 e. The molecule has 0 spiro atoms. The van der Waals surface area contributed by atoms with Crippen molar-refractivity contribution in [2.75, 3.05) is 18.4 Å². The molecule has 2 amide bonds. The second kappa shape index (κ2) is 9.93. The van der Waals surface area contributed by atoms with Crippen LogP contribution in [-0.2, 0) is 4.79 Å². The molecule has 0 bridgehead atoms. The minimum atomic E-state index is -0.592. The van der Waals surface area contributed by atoms with E-state index in [4.69, 9.17) is 0 Å². The summed E-state index contributed by atoms with van der Waals surface area (Å²) in [6, 6.07) is 25.1. The molecule has 0 atom stereocenters. The molecule has 1 heterocycles. The van der Waals surface area contributed by atoms with Crippen LogP contribution in [0.5, 0.6) is 0 Å². The smallest absolute Gasteiger partial charge is 0.257 e. The maximum absolute atomic E-state index is 14.3. The monoisotopic (exact) mass is 468 g/mol. The molecule has 0 unspecified atom stereocenters. The molecule has 1 saturated carbocycles. The average molecular weight is 469 g/mol. The Morgan fingerprint density at radius 1 is 0.943 bits per heavy atom. The van der Waals surface area contributed by atoms with Crippen LogP contribution in [0, 0.1) is 11.7 Å². The van der Waals surface area contributed by atoms with Gasteiger partial charge in [0.2, 0.25) is 11.9 Å². The molecule has 0 radical (unpaired) electrons. The zero-order valence-electron chi connectivity index (χ0n) is 19.1. The summed E-state index contributed by atoms with van der Waals surface area (Å²) < 4.78 is 16.1. The van der Waals surface area contributed by atoms with Crippen molar-refractivity contribution in [1.82, 2.24) is 14.5 Å². The third-order valence-electron chi connectivity index (χ3n) is 5.96. The van der Waals surface area contributed by atoms with Gasteiger partial charge in [-0.3, -0.25) is 19.5 Å². The molecule has 7 heteroatoms. The highest BCUT2D eigenvalue weighted by atomic mass is 19.1. The van der Waals surface area contributed by atoms with Crippen LogP contribution in [-0.4, -0.2) is 39.4 Å². The van der Waals surface area contributed by atoms with Gasteiger partial charge in [0, 0.05) is 24.0 Å². The SMILES string of the molecule is O=C(CN(CC1CC1)C(=O)c1ccccc1F)Nc1nc(-c2ccccc2)cn1-c1ccccc1. The van der Waals surface area contributed by atoms with Crippen molar-refractivity contribution in [2.24, 2.45) is 5.92 Å². The number of hydrogen-bond donors (Lipinski definition) is 1. The summed E-state index contributed by atoms with van der Waals surface area (Å²) in [5.41, 5.74) is 2.44. The summed E-state index contributed by atoms with van der Waals surface area (Å²) >= 11 is 0. The lowest BCUT2D eigenvalue weighted by atomic mass is 10.1. The number of benzene rings is 3. The highest BCUT2D eigenvalue weighted by Gasteiger charge is 2.30. The van der Waals surface area contributed by atoms with Gasteiger partial charge in [0.1, 0.15) is 12.4 Å². The first-order valence-electron chi connectivity index (χ1n) is 11.6. The van der Waals surface area contributed by atoms with E-state index in [9.17, 15) is 14.0 Å². The summed E-state index contributed by atoms with van der Waals surface area (Å²) in [4.78, 5) is 32.3. The first-order chi connectivity index (χ1) is 17.1. The number of nitrogens with one attached hydrogen (secondary N) is 1. The molecule has 1 aliphatic rings. The Balaban J connectivity index is 1.40. The van der Waals surface area contributed by atoms with Gasteiger partial charge in [0.15, 0.2) is 0 Å². The van der Waals surface area contributed by atoms with E-state index < -0.39 is 17.6 Å². The van der Waals surface area contributed by atoms with Crippen molar-refractivity contribution in [2.45, 2.75) is 12.8 Å². The fraction of sp³-hybridized carbons (Fsp3) is 0.179. The first-order valence-corrected chi connectivity index (χ1v) is 11.6. The number of rotatable bonds is 8. The van der Waals surface area contributed by atoms with Crippen molar-refractivity contribution in [3.63, 3.8) is 0 Å². The third kappa shape index (κ3) is 5.30. The van der Waals surface area contributed by atoms with E-state index >= 15 is 0 Å². The van der Waals surface area contributed by atoms with E-state index in [1.807, 2.05) is 71.4 Å². The van der Waals surface area contributed by atoms with Crippen LogP contribution < -0.4 is 5.32 Å². The molecule has 0 saturated heterocycles. The van der Waals surface area contributed by atoms with E-state index in [0.717, 1.165) is 24.1 Å². The molecule has 5 rings (SSSR count). The zero-order valence-corrected chi connectivity index (χ0v) is 19.1. The maximum atomic E-state index is 14.3. The van der Waals surface area contributed by atoms with E-state index in [2.05, 4.69) is 10.3 Å². The van der Waals surface area contributed by atoms with E-state index in [-0.39, 0.29) is 12.1 Å². The molecule has 176 valence electrons. The summed E-state index contributed by atoms with van der Waals surface area (Å²) in [5.74, 6) is -0.774. The molecule has 0 aliphatic heterocycles. The Morgan fingerprint density at radius 2 is 1.60 bits per heavy atom. The lowest BCUT2D eigenvalue weighted by Gasteiger charge is -2.22. The van der Waals surface area contributed by atoms with Crippen molar-refractivity contribution >= 4 is 17.8 Å². The van der Waals surface area contributed by atoms with Gasteiger partial charge in [-0.1, -0.05) is 60.7 Å². The van der Waals surface area contributed by atoms with Gasteiger partial charge in [-0.15, -0.1) is 0 Å². The molecule has 1 fully saturated rings. The predicted octanol–water partition coefficient (Wildman–Crippen LogP) is 5.17. The van der Waals surface area contributed by atoms with Crippen LogP contribution in [0.4, 0.5) is 10.3 Å². The lowest BCUT2D eigenvalue weighted by Crippen LogP contribution is -2.40. The standard InChI is InChI=1S/C28H25FN4O2/c29-24-14-8-7-13-23(24)27(35)32(17-20-15-16-20)19-26(34)31-28-30-25(21-9-3-1-4-10-21)18-33(28)22-11-5-2-6-12-22/h1-14,18,20H,15-17,19H2,(H,30,31,34). The fourth-order valence-corrected chi connectivity index (χ4v) is 3.98. The van der Waals surface area contributed by atoms with Crippen LogP contribution in [0.25, 0.3) is 16.9 Å². The number of para-hydroxylation sites is 1. The summed E-state index contributed by atoms with van der Waals surface area (Å²) in [7, 11) is 0. The summed E-state index contributed by atoms with van der Waals surface area (Å²) in [6.07, 6.45) is 3.87. The number of imidazole rings is 1. The van der Waals surface area contributed by atoms with E-state index in [0.29, 0.717) is 24.1 Å². The number of halogens is 1. The molecular formula is C28H25FN4O2.